The number of hydrogen-bond donors (Lipinski definition) is 1. The van der Waals surface area contributed by atoms with Crippen LogP contribution in [0.25, 0.3) is 5.69 Å². The first-order chi connectivity index (χ1) is 14.3. The number of anilines is 2. The summed E-state index contributed by atoms with van der Waals surface area (Å²) in [6, 6.07) is 16.4. The zero-order valence-corrected chi connectivity index (χ0v) is 16.5. The molecule has 0 spiro atoms. The summed E-state index contributed by atoms with van der Waals surface area (Å²) < 4.78 is 2.30. The zero-order valence-electron chi connectivity index (χ0n) is 16.5. The average Bonchev–Trinajstić information content (AvgIpc) is 3.24. The summed E-state index contributed by atoms with van der Waals surface area (Å²) in [4.78, 5) is 18.5. The third-order valence-electron chi connectivity index (χ3n) is 5.93. The van der Waals surface area contributed by atoms with E-state index >= 15 is 0 Å². The highest BCUT2D eigenvalue weighted by Crippen LogP contribution is 2.32. The van der Waals surface area contributed by atoms with Gasteiger partial charge in [0.05, 0.1) is 17.9 Å². The van der Waals surface area contributed by atoms with Gasteiger partial charge in [0.25, 0.3) is 5.56 Å². The largest absolute Gasteiger partial charge is 0.364 e. The highest BCUT2D eigenvalue weighted by atomic mass is 16.1. The van der Waals surface area contributed by atoms with Crippen LogP contribution in [0.3, 0.4) is 0 Å². The Morgan fingerprint density at radius 3 is 2.52 bits per heavy atom. The van der Waals surface area contributed by atoms with Crippen molar-refractivity contribution in [3.8, 4) is 5.69 Å². The summed E-state index contributed by atoms with van der Waals surface area (Å²) in [5, 5.41) is 6.67. The van der Waals surface area contributed by atoms with Gasteiger partial charge in [-0.3, -0.25) is 9.69 Å². The van der Waals surface area contributed by atoms with Crippen molar-refractivity contribution >= 4 is 11.5 Å². The number of piperazine rings is 1. The lowest BCUT2D eigenvalue weighted by molar-refractivity contribution is 0.255. The van der Waals surface area contributed by atoms with Gasteiger partial charge in [-0.25, -0.2) is 5.10 Å². The van der Waals surface area contributed by atoms with Crippen LogP contribution in [0.4, 0.5) is 11.5 Å². The quantitative estimate of drug-likeness (QED) is 0.723. The molecule has 0 amide bonds. The van der Waals surface area contributed by atoms with Gasteiger partial charge < -0.3 is 14.4 Å². The molecule has 5 rings (SSSR count). The van der Waals surface area contributed by atoms with E-state index in [-0.39, 0.29) is 5.56 Å². The molecular formula is C22H26N6O. The van der Waals surface area contributed by atoms with E-state index in [0.717, 1.165) is 58.1 Å². The number of para-hydroxylation sites is 2. The van der Waals surface area contributed by atoms with Crippen molar-refractivity contribution in [2.24, 2.45) is 0 Å². The minimum Gasteiger partial charge on any atom is -0.364 e. The Morgan fingerprint density at radius 2 is 1.72 bits per heavy atom. The minimum atomic E-state index is -0.154. The van der Waals surface area contributed by atoms with Crippen molar-refractivity contribution in [3.63, 3.8) is 0 Å². The summed E-state index contributed by atoms with van der Waals surface area (Å²) in [5.41, 5.74) is 3.80. The molecule has 150 valence electrons. The van der Waals surface area contributed by atoms with Crippen LogP contribution < -0.4 is 15.4 Å². The fraction of sp³-hybridized carbons (Fsp3) is 0.364. The number of hydrogen-bond acceptors (Lipinski definition) is 5. The molecule has 2 aliphatic heterocycles. The highest BCUT2D eigenvalue weighted by molar-refractivity contribution is 5.65. The smallest absolute Gasteiger partial charge is 0.264 e. The average molecular weight is 390 g/mol. The molecule has 2 aliphatic rings. The Labute approximate surface area is 170 Å². The maximum Gasteiger partial charge on any atom is 0.264 e. The molecule has 1 fully saturated rings. The van der Waals surface area contributed by atoms with E-state index in [1.807, 2.05) is 0 Å². The second-order valence-electron chi connectivity index (χ2n) is 7.74. The lowest BCUT2D eigenvalue weighted by Crippen LogP contribution is -2.47. The van der Waals surface area contributed by atoms with Gasteiger partial charge in [0.15, 0.2) is 0 Å². The molecule has 0 radical (unpaired) electrons. The van der Waals surface area contributed by atoms with E-state index in [2.05, 4.69) is 72.1 Å². The summed E-state index contributed by atoms with van der Waals surface area (Å²) in [7, 11) is 0. The van der Waals surface area contributed by atoms with E-state index in [1.54, 1.807) is 12.1 Å². The van der Waals surface area contributed by atoms with Gasteiger partial charge in [-0.1, -0.05) is 12.1 Å². The summed E-state index contributed by atoms with van der Waals surface area (Å²) in [5.74, 6) is 0.858. The maximum atomic E-state index is 11.2. The van der Waals surface area contributed by atoms with E-state index in [4.69, 9.17) is 0 Å². The number of nitrogens with zero attached hydrogens (tertiary/aromatic N) is 5. The predicted molar refractivity (Wildman–Crippen MR) is 115 cm³/mol. The normalized spacial score (nSPS) is 16.6. The highest BCUT2D eigenvalue weighted by Gasteiger charge is 2.22. The monoisotopic (exact) mass is 390 g/mol. The third-order valence-corrected chi connectivity index (χ3v) is 5.93. The molecule has 2 aromatic heterocycles. The minimum absolute atomic E-state index is 0.154. The summed E-state index contributed by atoms with van der Waals surface area (Å²) in [6.45, 7) is 7.07. The number of aromatic nitrogens is 3. The first kappa shape index (κ1) is 18.0. The fourth-order valence-corrected chi connectivity index (χ4v) is 4.39. The van der Waals surface area contributed by atoms with Crippen LogP contribution in [-0.4, -0.2) is 58.9 Å². The van der Waals surface area contributed by atoms with Crippen LogP contribution in [0, 0.1) is 0 Å². The summed E-state index contributed by atoms with van der Waals surface area (Å²) in [6.07, 6.45) is 3.30. The molecule has 7 heteroatoms. The van der Waals surface area contributed by atoms with Gasteiger partial charge in [-0.15, -0.1) is 0 Å². The number of nitrogens with one attached hydrogen (secondary N) is 1. The predicted octanol–water partition coefficient (Wildman–Crippen LogP) is 2.09. The summed E-state index contributed by atoms with van der Waals surface area (Å²) >= 11 is 0. The maximum absolute atomic E-state index is 11.2. The first-order valence-corrected chi connectivity index (χ1v) is 10.3. The van der Waals surface area contributed by atoms with Gasteiger partial charge in [0.1, 0.15) is 5.82 Å². The van der Waals surface area contributed by atoms with E-state index in [9.17, 15) is 4.79 Å². The second-order valence-corrected chi connectivity index (χ2v) is 7.74. The molecule has 1 saturated heterocycles. The van der Waals surface area contributed by atoms with Crippen LogP contribution in [0.2, 0.25) is 0 Å². The Bertz CT molecular complexity index is 1010. The molecule has 29 heavy (non-hydrogen) atoms. The lowest BCUT2D eigenvalue weighted by atomic mass is 10.1. The first-order valence-electron chi connectivity index (χ1n) is 10.3. The van der Waals surface area contributed by atoms with Crippen molar-refractivity contribution in [3.05, 3.63) is 70.8 Å². The van der Waals surface area contributed by atoms with Gasteiger partial charge in [-0.2, -0.15) is 5.10 Å². The number of H-pyrrole nitrogens is 1. The number of benzene rings is 1. The number of aromatic amines is 1. The molecule has 0 unspecified atom stereocenters. The van der Waals surface area contributed by atoms with Gasteiger partial charge >= 0.3 is 0 Å². The zero-order chi connectivity index (χ0) is 19.6. The Hall–Kier alpha value is -3.06. The van der Waals surface area contributed by atoms with Crippen LogP contribution in [-0.2, 0) is 6.54 Å². The molecule has 1 N–H and O–H groups in total. The van der Waals surface area contributed by atoms with E-state index < -0.39 is 0 Å². The number of fused-ring (bicyclic) bond motifs is 3. The van der Waals surface area contributed by atoms with Gasteiger partial charge in [0, 0.05) is 50.7 Å². The van der Waals surface area contributed by atoms with Crippen molar-refractivity contribution in [1.82, 2.24) is 19.7 Å². The SMILES string of the molecule is O=c1ccc(N2CCN(CCCN3Cc4cccn4-c4ccccc43)CC2)n[nH]1. The standard InChI is InChI=1S/C22H26N6O/c29-22-9-8-21(23-24-22)26-15-13-25(14-16-26)10-4-11-27-17-18-5-3-12-28(18)20-7-2-1-6-19(20)27/h1-3,5-9,12H,4,10-11,13-17H2,(H,24,29). The fourth-order valence-electron chi connectivity index (χ4n) is 4.39. The van der Waals surface area contributed by atoms with Crippen molar-refractivity contribution in [1.29, 1.82) is 0 Å². The molecule has 0 aliphatic carbocycles. The molecule has 3 aromatic rings. The van der Waals surface area contributed by atoms with Crippen molar-refractivity contribution in [2.45, 2.75) is 13.0 Å². The van der Waals surface area contributed by atoms with E-state index in [0.29, 0.717) is 0 Å². The van der Waals surface area contributed by atoms with Crippen LogP contribution in [0.1, 0.15) is 12.1 Å². The second kappa shape index (κ2) is 7.75. The Kier molecular flexibility index (Phi) is 4.81. The lowest BCUT2D eigenvalue weighted by Gasteiger charge is -2.36. The van der Waals surface area contributed by atoms with Gasteiger partial charge in [-0.05, 0) is 43.3 Å². The molecule has 0 bridgehead atoms. The number of rotatable bonds is 5. The van der Waals surface area contributed by atoms with Crippen molar-refractivity contribution in [2.75, 3.05) is 49.1 Å². The topological polar surface area (TPSA) is 60.4 Å². The van der Waals surface area contributed by atoms with Crippen LogP contribution in [0.15, 0.2) is 59.5 Å². The van der Waals surface area contributed by atoms with Gasteiger partial charge in [0.2, 0.25) is 0 Å². The van der Waals surface area contributed by atoms with Crippen LogP contribution in [0.5, 0.6) is 0 Å². The van der Waals surface area contributed by atoms with E-state index in [1.165, 1.54) is 17.1 Å². The molecule has 4 heterocycles. The Balaban J connectivity index is 1.15. The Morgan fingerprint density at radius 1 is 0.897 bits per heavy atom. The molecule has 7 nitrogen and oxygen atoms in total. The molecule has 0 atom stereocenters. The third kappa shape index (κ3) is 3.65. The molecule has 1 aromatic carbocycles. The van der Waals surface area contributed by atoms with Crippen molar-refractivity contribution < 1.29 is 0 Å². The van der Waals surface area contributed by atoms with Crippen LogP contribution >= 0.6 is 0 Å². The molecular weight excluding hydrogens is 364 g/mol. The molecule has 0 saturated carbocycles.